The number of Topliss-reactive ketones (excluding diaryl/α,β-unsaturated/α-hetero) is 1. The van der Waals surface area contributed by atoms with Gasteiger partial charge in [0.05, 0.1) is 18.8 Å². The van der Waals surface area contributed by atoms with Crippen molar-refractivity contribution < 1.29 is 13.9 Å². The summed E-state index contributed by atoms with van der Waals surface area (Å²) in [5, 5.41) is 0.436. The van der Waals surface area contributed by atoms with Crippen LogP contribution in [-0.2, 0) is 12.0 Å². The molecule has 1 aromatic carbocycles. The Morgan fingerprint density at radius 2 is 2.19 bits per heavy atom. The van der Waals surface area contributed by atoms with Gasteiger partial charge in [-0.1, -0.05) is 17.8 Å². The van der Waals surface area contributed by atoms with E-state index in [0.717, 1.165) is 5.75 Å². The average Bonchev–Trinajstić information content (AvgIpc) is 2.62. The van der Waals surface area contributed by atoms with Gasteiger partial charge < -0.3 is 16.2 Å². The lowest BCUT2D eigenvalue weighted by molar-refractivity contribution is 0.0988. The van der Waals surface area contributed by atoms with Crippen LogP contribution in [0.5, 0.6) is 5.88 Å². The van der Waals surface area contributed by atoms with Gasteiger partial charge in [0.2, 0.25) is 5.88 Å². The number of nitrogen functional groups attached to an aromatic ring is 1. The van der Waals surface area contributed by atoms with E-state index >= 15 is 0 Å². The number of carbonyl (C=O) groups is 1. The second kappa shape index (κ2) is 7.51. The van der Waals surface area contributed by atoms with E-state index in [2.05, 4.69) is 15.0 Å². The third kappa shape index (κ3) is 4.02. The predicted molar refractivity (Wildman–Crippen MR) is 103 cm³/mol. The van der Waals surface area contributed by atoms with Gasteiger partial charge in [0.25, 0.3) is 0 Å². The van der Waals surface area contributed by atoms with E-state index in [1.807, 2.05) is 6.92 Å². The molecule has 27 heavy (non-hydrogen) atoms. The van der Waals surface area contributed by atoms with E-state index in [9.17, 15) is 9.18 Å². The van der Waals surface area contributed by atoms with Crippen LogP contribution >= 0.6 is 11.8 Å². The van der Waals surface area contributed by atoms with E-state index in [1.165, 1.54) is 31.1 Å². The number of rotatable bonds is 5. The Labute approximate surface area is 160 Å². The van der Waals surface area contributed by atoms with E-state index in [0.29, 0.717) is 22.7 Å². The number of aliphatic imine (C=N–C) groups is 1. The Hall–Kier alpha value is -2.68. The molecule has 0 spiro atoms. The second-order valence-electron chi connectivity index (χ2n) is 6.38. The lowest BCUT2D eigenvalue weighted by Gasteiger charge is -2.30. The third-order valence-corrected chi connectivity index (χ3v) is 5.22. The van der Waals surface area contributed by atoms with Crippen molar-refractivity contribution >= 4 is 28.5 Å². The number of nitrogens with zero attached hydrogens (tertiary/aromatic N) is 3. The van der Waals surface area contributed by atoms with Crippen molar-refractivity contribution in [3.8, 4) is 5.88 Å². The molecule has 0 aliphatic carbocycles. The molecule has 3 rings (SSSR count). The topological polar surface area (TPSA) is 116 Å². The molecular weight excluding hydrogens is 369 g/mol. The number of halogens is 1. The van der Waals surface area contributed by atoms with Gasteiger partial charge in [-0.3, -0.25) is 9.79 Å². The lowest BCUT2D eigenvalue weighted by Crippen LogP contribution is -2.29. The van der Waals surface area contributed by atoms with E-state index in [1.54, 1.807) is 12.1 Å². The number of carbonyl (C=O) groups excluding carboxylic acids is 1. The number of amidine groups is 1. The molecule has 2 aromatic rings. The van der Waals surface area contributed by atoms with Crippen LogP contribution in [0, 0.1) is 5.82 Å². The van der Waals surface area contributed by atoms with Crippen LogP contribution in [-0.4, -0.2) is 33.8 Å². The maximum absolute atomic E-state index is 14.5. The van der Waals surface area contributed by atoms with Gasteiger partial charge in [-0.2, -0.15) is 4.98 Å². The van der Waals surface area contributed by atoms with Crippen LogP contribution < -0.4 is 16.2 Å². The van der Waals surface area contributed by atoms with Crippen LogP contribution in [0.1, 0.15) is 35.0 Å². The third-order valence-electron chi connectivity index (χ3n) is 4.42. The average molecular weight is 389 g/mol. The maximum Gasteiger partial charge on any atom is 0.234 e. The monoisotopic (exact) mass is 389 g/mol. The van der Waals surface area contributed by atoms with Crippen molar-refractivity contribution in [1.82, 2.24) is 9.97 Å². The smallest absolute Gasteiger partial charge is 0.234 e. The Kier molecular flexibility index (Phi) is 5.31. The minimum Gasteiger partial charge on any atom is -0.480 e. The summed E-state index contributed by atoms with van der Waals surface area (Å²) >= 11 is 1.45. The van der Waals surface area contributed by atoms with Crippen molar-refractivity contribution in [2.45, 2.75) is 25.3 Å². The molecule has 142 valence electrons. The van der Waals surface area contributed by atoms with Gasteiger partial charge in [0.15, 0.2) is 16.8 Å². The Morgan fingerprint density at radius 3 is 2.85 bits per heavy atom. The zero-order chi connectivity index (χ0) is 19.6. The Balaban J connectivity index is 1.88. The number of nitrogens with two attached hydrogens (primary N) is 2. The summed E-state index contributed by atoms with van der Waals surface area (Å²) < 4.78 is 19.4. The highest BCUT2D eigenvalue weighted by Gasteiger charge is 2.32. The van der Waals surface area contributed by atoms with Gasteiger partial charge in [-0.25, -0.2) is 9.37 Å². The molecule has 0 saturated heterocycles. The molecule has 4 N–H and O–H groups in total. The number of thioether (sulfide) groups is 1. The molecule has 0 unspecified atom stereocenters. The number of benzene rings is 1. The van der Waals surface area contributed by atoms with Crippen molar-refractivity contribution in [2.75, 3.05) is 18.6 Å². The molecule has 2 heterocycles. The SMILES string of the molecule is COc1cnc(C(=O)Cc2ccc(F)c([C@]3(C)CCSC(N)=N3)c2)c(N)n1. The first-order valence-electron chi connectivity index (χ1n) is 8.29. The van der Waals surface area contributed by atoms with Crippen molar-refractivity contribution in [3.05, 3.63) is 47.0 Å². The van der Waals surface area contributed by atoms with Crippen molar-refractivity contribution in [3.63, 3.8) is 0 Å². The molecule has 0 radical (unpaired) electrons. The molecule has 9 heteroatoms. The minimum absolute atomic E-state index is 0.00433. The van der Waals surface area contributed by atoms with Crippen LogP contribution in [0.3, 0.4) is 0 Å². The Morgan fingerprint density at radius 1 is 1.41 bits per heavy atom. The minimum atomic E-state index is -0.753. The standard InChI is InChI=1S/C18H20FN5O2S/c1-18(5-6-27-17(21)24-18)11-7-10(3-4-12(11)19)8-13(25)15-16(20)23-14(26-2)9-22-15/h3-4,7,9H,5-6,8H2,1-2H3,(H2,20,23)(H2,21,24)/t18-/m0/s1. The molecular formula is C18H20FN5O2S. The number of hydrogen-bond donors (Lipinski definition) is 2. The highest BCUT2D eigenvalue weighted by atomic mass is 32.2. The fourth-order valence-corrected chi connectivity index (χ4v) is 3.92. The zero-order valence-electron chi connectivity index (χ0n) is 15.0. The normalized spacial score (nSPS) is 19.4. The van der Waals surface area contributed by atoms with Crippen molar-refractivity contribution in [1.29, 1.82) is 0 Å². The predicted octanol–water partition coefficient (Wildman–Crippen LogP) is 2.30. The molecule has 1 aliphatic heterocycles. The molecule has 1 aromatic heterocycles. The van der Waals surface area contributed by atoms with Crippen LogP contribution in [0.25, 0.3) is 0 Å². The van der Waals surface area contributed by atoms with Gasteiger partial charge in [-0.05, 0) is 31.0 Å². The second-order valence-corrected chi connectivity index (χ2v) is 7.50. The van der Waals surface area contributed by atoms with Gasteiger partial charge in [-0.15, -0.1) is 0 Å². The van der Waals surface area contributed by atoms with E-state index in [4.69, 9.17) is 16.2 Å². The van der Waals surface area contributed by atoms with Crippen LogP contribution in [0.4, 0.5) is 10.2 Å². The number of anilines is 1. The van der Waals surface area contributed by atoms with E-state index in [-0.39, 0.29) is 35.4 Å². The summed E-state index contributed by atoms with van der Waals surface area (Å²) in [4.78, 5) is 25.0. The van der Waals surface area contributed by atoms with Crippen LogP contribution in [0.2, 0.25) is 0 Å². The molecule has 0 fully saturated rings. The number of methoxy groups -OCH3 is 1. The van der Waals surface area contributed by atoms with Gasteiger partial charge in [0.1, 0.15) is 11.5 Å². The molecule has 0 saturated carbocycles. The van der Waals surface area contributed by atoms with Gasteiger partial charge in [0, 0.05) is 17.7 Å². The van der Waals surface area contributed by atoms with Gasteiger partial charge >= 0.3 is 0 Å². The summed E-state index contributed by atoms with van der Waals surface area (Å²) in [7, 11) is 1.44. The summed E-state index contributed by atoms with van der Waals surface area (Å²) in [5.41, 5.74) is 12.0. The largest absolute Gasteiger partial charge is 0.480 e. The van der Waals surface area contributed by atoms with Crippen molar-refractivity contribution in [2.24, 2.45) is 10.7 Å². The summed E-state index contributed by atoms with van der Waals surface area (Å²) in [6.45, 7) is 1.84. The fraction of sp³-hybridized carbons (Fsp3) is 0.333. The fourth-order valence-electron chi connectivity index (χ4n) is 2.94. The summed E-state index contributed by atoms with van der Waals surface area (Å²) in [5.74, 6) is 0.294. The number of ether oxygens (including phenoxy) is 1. The summed E-state index contributed by atoms with van der Waals surface area (Å²) in [6.07, 6.45) is 2.00. The van der Waals surface area contributed by atoms with E-state index < -0.39 is 5.54 Å². The first-order chi connectivity index (χ1) is 12.8. The highest BCUT2D eigenvalue weighted by Crippen LogP contribution is 2.36. The maximum atomic E-state index is 14.5. The Bertz CT molecular complexity index is 921. The molecule has 0 amide bonds. The number of ketones is 1. The summed E-state index contributed by atoms with van der Waals surface area (Å²) in [6, 6.07) is 4.57. The molecule has 1 atom stereocenters. The number of aromatic nitrogens is 2. The number of hydrogen-bond acceptors (Lipinski definition) is 8. The molecule has 7 nitrogen and oxygen atoms in total. The highest BCUT2D eigenvalue weighted by molar-refractivity contribution is 8.13. The lowest BCUT2D eigenvalue weighted by atomic mass is 9.87. The first-order valence-corrected chi connectivity index (χ1v) is 9.27. The quantitative estimate of drug-likeness (QED) is 0.754. The zero-order valence-corrected chi connectivity index (χ0v) is 15.8. The first kappa shape index (κ1) is 19.1. The molecule has 0 bridgehead atoms. The van der Waals surface area contributed by atoms with Crippen LogP contribution in [0.15, 0.2) is 29.4 Å². The molecule has 1 aliphatic rings.